The van der Waals surface area contributed by atoms with Crippen LogP contribution >= 0.6 is 11.6 Å². The summed E-state index contributed by atoms with van der Waals surface area (Å²) in [6.45, 7) is 4.78. The summed E-state index contributed by atoms with van der Waals surface area (Å²) in [5.41, 5.74) is 0.566. The number of halogens is 1. The summed E-state index contributed by atoms with van der Waals surface area (Å²) in [6, 6.07) is 0. The van der Waals surface area contributed by atoms with Crippen molar-refractivity contribution in [2.45, 2.75) is 39.5 Å². The summed E-state index contributed by atoms with van der Waals surface area (Å²) in [4.78, 5) is 0. The zero-order valence-corrected chi connectivity index (χ0v) is 8.90. The minimum atomic E-state index is 0.566. The van der Waals surface area contributed by atoms with Gasteiger partial charge in [0.05, 0.1) is 0 Å². The van der Waals surface area contributed by atoms with E-state index in [4.69, 9.17) is 11.6 Å². The molecule has 0 aromatic rings. The molecule has 12 heavy (non-hydrogen) atoms. The van der Waals surface area contributed by atoms with E-state index in [0.717, 1.165) is 23.6 Å². The van der Waals surface area contributed by atoms with E-state index in [1.807, 2.05) is 0 Å². The summed E-state index contributed by atoms with van der Waals surface area (Å²) in [7, 11) is 0. The molecule has 2 atom stereocenters. The van der Waals surface area contributed by atoms with Gasteiger partial charge in [-0.05, 0) is 23.2 Å². The maximum Gasteiger partial charge on any atom is 0.0259 e. The van der Waals surface area contributed by atoms with Crippen LogP contribution in [0.2, 0.25) is 0 Å². The van der Waals surface area contributed by atoms with Gasteiger partial charge in [0.1, 0.15) is 0 Å². The molecule has 2 unspecified atom stereocenters. The number of alkyl halides is 1. The van der Waals surface area contributed by atoms with Gasteiger partial charge in [0, 0.05) is 5.88 Å². The predicted molar refractivity (Wildman–Crippen MR) is 53.4 cm³/mol. The van der Waals surface area contributed by atoms with E-state index in [1.165, 1.54) is 25.7 Å². The Morgan fingerprint density at radius 2 is 1.83 bits per heavy atom. The molecular weight excluding hydrogens is 168 g/mol. The molecule has 0 amide bonds. The quantitative estimate of drug-likeness (QED) is 0.578. The third kappa shape index (κ3) is 1.19. The molecule has 0 heterocycles. The first-order valence-corrected chi connectivity index (χ1v) is 5.77. The average Bonchev–Trinajstić information content (AvgIpc) is 2.50. The minimum Gasteiger partial charge on any atom is -0.126 e. The highest BCUT2D eigenvalue weighted by atomic mass is 35.5. The maximum absolute atomic E-state index is 5.96. The molecular formula is C11H19Cl. The summed E-state index contributed by atoms with van der Waals surface area (Å²) >= 11 is 5.96. The Kier molecular flexibility index (Phi) is 2.15. The lowest BCUT2D eigenvalue weighted by Crippen LogP contribution is -2.01. The van der Waals surface area contributed by atoms with E-state index in [9.17, 15) is 0 Å². The van der Waals surface area contributed by atoms with Crippen LogP contribution in [0, 0.1) is 23.2 Å². The Balaban J connectivity index is 1.97. The average molecular weight is 187 g/mol. The van der Waals surface area contributed by atoms with Crippen molar-refractivity contribution in [1.29, 1.82) is 0 Å². The van der Waals surface area contributed by atoms with Crippen LogP contribution in [0.4, 0.5) is 0 Å². The van der Waals surface area contributed by atoms with Gasteiger partial charge < -0.3 is 0 Å². The molecule has 0 bridgehead atoms. The fourth-order valence-corrected chi connectivity index (χ4v) is 3.92. The molecule has 2 saturated carbocycles. The fourth-order valence-electron chi connectivity index (χ4n) is 3.33. The molecule has 0 saturated heterocycles. The van der Waals surface area contributed by atoms with E-state index in [0.29, 0.717) is 5.41 Å². The van der Waals surface area contributed by atoms with Gasteiger partial charge in [0.2, 0.25) is 0 Å². The second-order valence-corrected chi connectivity index (χ2v) is 5.46. The second kappa shape index (κ2) is 2.90. The van der Waals surface area contributed by atoms with E-state index >= 15 is 0 Å². The molecule has 0 nitrogen and oxygen atoms in total. The van der Waals surface area contributed by atoms with Crippen LogP contribution in [-0.4, -0.2) is 5.88 Å². The first-order valence-electron chi connectivity index (χ1n) is 5.24. The topological polar surface area (TPSA) is 0 Å². The van der Waals surface area contributed by atoms with Gasteiger partial charge in [-0.2, -0.15) is 0 Å². The van der Waals surface area contributed by atoms with E-state index in [-0.39, 0.29) is 0 Å². The molecule has 0 N–H and O–H groups in total. The van der Waals surface area contributed by atoms with Crippen molar-refractivity contribution in [2.75, 3.05) is 5.88 Å². The van der Waals surface area contributed by atoms with Crippen LogP contribution in [0.5, 0.6) is 0 Å². The molecule has 2 aliphatic carbocycles. The summed E-state index contributed by atoms with van der Waals surface area (Å²) < 4.78 is 0. The normalized spacial score (nSPS) is 40.2. The molecule has 0 aliphatic heterocycles. The largest absolute Gasteiger partial charge is 0.126 e. The Morgan fingerprint density at radius 1 is 1.25 bits per heavy atom. The Bertz CT molecular complexity index is 168. The van der Waals surface area contributed by atoms with Crippen molar-refractivity contribution in [3.8, 4) is 0 Å². The fraction of sp³-hybridized carbons (Fsp3) is 1.00. The van der Waals surface area contributed by atoms with E-state index in [2.05, 4.69) is 13.8 Å². The Morgan fingerprint density at radius 3 is 2.25 bits per heavy atom. The monoisotopic (exact) mass is 186 g/mol. The summed E-state index contributed by atoms with van der Waals surface area (Å²) in [6.07, 6.45) is 5.88. The van der Waals surface area contributed by atoms with Crippen molar-refractivity contribution < 1.29 is 0 Å². The van der Waals surface area contributed by atoms with Crippen LogP contribution in [0.25, 0.3) is 0 Å². The van der Waals surface area contributed by atoms with Gasteiger partial charge in [-0.15, -0.1) is 11.6 Å². The lowest BCUT2D eigenvalue weighted by Gasteiger charge is -2.09. The van der Waals surface area contributed by atoms with Crippen molar-refractivity contribution in [3.05, 3.63) is 0 Å². The number of rotatable bonds is 2. The smallest absolute Gasteiger partial charge is 0.0259 e. The van der Waals surface area contributed by atoms with E-state index in [1.54, 1.807) is 0 Å². The van der Waals surface area contributed by atoms with Crippen LogP contribution < -0.4 is 0 Å². The standard InChI is InChI=1S/C11H19Cl/c1-11(2)9(7-12)10(11)8-5-3-4-6-8/h8-10H,3-7H2,1-2H3. The van der Waals surface area contributed by atoms with Crippen LogP contribution in [0.1, 0.15) is 39.5 Å². The molecule has 0 radical (unpaired) electrons. The molecule has 2 aliphatic rings. The third-order valence-corrected chi connectivity index (χ3v) is 4.55. The zero-order chi connectivity index (χ0) is 8.77. The Hall–Kier alpha value is 0.290. The molecule has 70 valence electrons. The van der Waals surface area contributed by atoms with Crippen LogP contribution in [-0.2, 0) is 0 Å². The van der Waals surface area contributed by atoms with Crippen LogP contribution in [0.3, 0.4) is 0 Å². The number of hydrogen-bond acceptors (Lipinski definition) is 0. The highest BCUT2D eigenvalue weighted by Gasteiger charge is 2.59. The van der Waals surface area contributed by atoms with Gasteiger partial charge in [0.15, 0.2) is 0 Å². The van der Waals surface area contributed by atoms with Gasteiger partial charge in [-0.1, -0.05) is 39.5 Å². The summed E-state index contributed by atoms with van der Waals surface area (Å²) in [5, 5.41) is 0. The molecule has 1 heteroatoms. The van der Waals surface area contributed by atoms with Gasteiger partial charge >= 0.3 is 0 Å². The second-order valence-electron chi connectivity index (χ2n) is 5.15. The first kappa shape index (κ1) is 8.87. The van der Waals surface area contributed by atoms with Gasteiger partial charge in [0.25, 0.3) is 0 Å². The van der Waals surface area contributed by atoms with Crippen molar-refractivity contribution in [3.63, 3.8) is 0 Å². The molecule has 0 aromatic heterocycles. The van der Waals surface area contributed by atoms with Crippen molar-refractivity contribution in [2.24, 2.45) is 23.2 Å². The zero-order valence-electron chi connectivity index (χ0n) is 8.15. The highest BCUT2D eigenvalue weighted by Crippen LogP contribution is 2.64. The third-order valence-electron chi connectivity index (χ3n) is 4.21. The van der Waals surface area contributed by atoms with Crippen LogP contribution in [0.15, 0.2) is 0 Å². The van der Waals surface area contributed by atoms with Crippen molar-refractivity contribution in [1.82, 2.24) is 0 Å². The number of hydrogen-bond donors (Lipinski definition) is 0. The first-order chi connectivity index (χ1) is 5.68. The molecule has 2 fully saturated rings. The minimum absolute atomic E-state index is 0.566. The lowest BCUT2D eigenvalue weighted by atomic mass is 9.96. The Labute approximate surface area is 80.7 Å². The molecule has 2 rings (SSSR count). The predicted octanol–water partition coefficient (Wildman–Crippen LogP) is 3.69. The maximum atomic E-state index is 5.96. The SMILES string of the molecule is CC1(C)C(CCl)C1C1CCCC1. The van der Waals surface area contributed by atoms with E-state index < -0.39 is 0 Å². The van der Waals surface area contributed by atoms with Crippen molar-refractivity contribution >= 4 is 11.6 Å². The van der Waals surface area contributed by atoms with Gasteiger partial charge in [-0.3, -0.25) is 0 Å². The lowest BCUT2D eigenvalue weighted by molar-refractivity contribution is 0.401. The van der Waals surface area contributed by atoms with Gasteiger partial charge in [-0.25, -0.2) is 0 Å². The highest BCUT2D eigenvalue weighted by molar-refractivity contribution is 6.18. The summed E-state index contributed by atoms with van der Waals surface area (Å²) in [5.74, 6) is 3.68. The molecule has 0 aromatic carbocycles. The molecule has 0 spiro atoms.